The molecule has 2 aromatic carbocycles. The van der Waals surface area contributed by atoms with Crippen molar-refractivity contribution in [2.75, 3.05) is 12.4 Å². The second-order valence-corrected chi connectivity index (χ2v) is 6.09. The number of halogens is 1. The van der Waals surface area contributed by atoms with Crippen LogP contribution in [0.4, 0.5) is 0 Å². The first-order valence-corrected chi connectivity index (χ1v) is 8.11. The van der Waals surface area contributed by atoms with Crippen molar-refractivity contribution in [3.05, 3.63) is 58.6 Å². The Balaban J connectivity index is 1.97. The van der Waals surface area contributed by atoms with Gasteiger partial charge < -0.3 is 4.74 Å². The summed E-state index contributed by atoms with van der Waals surface area (Å²) in [7, 11) is 0. The van der Waals surface area contributed by atoms with Crippen molar-refractivity contribution in [1.29, 1.82) is 0 Å². The third-order valence-corrected chi connectivity index (χ3v) is 4.19. The number of hydrogen-bond acceptors (Lipinski definition) is 3. The molecule has 0 saturated heterocycles. The van der Waals surface area contributed by atoms with E-state index < -0.39 is 0 Å². The Bertz CT molecular complexity index is 581. The normalized spacial score (nSPS) is 10.3. The Hall–Kier alpha value is -1.26. The van der Waals surface area contributed by atoms with E-state index >= 15 is 0 Å². The smallest absolute Gasteiger partial charge is 0.173 e. The van der Waals surface area contributed by atoms with E-state index in [0.29, 0.717) is 17.9 Å². The van der Waals surface area contributed by atoms with Crippen LogP contribution in [0.15, 0.2) is 57.9 Å². The zero-order chi connectivity index (χ0) is 14.4. The lowest BCUT2D eigenvalue weighted by Gasteiger charge is -2.05. The molecule has 0 N–H and O–H groups in total. The number of ketones is 1. The minimum absolute atomic E-state index is 0.111. The number of Topliss-reactive ketones (excluding diaryl/α,β-unsaturated/α-hetero) is 1. The third-order valence-electron chi connectivity index (χ3n) is 2.65. The number of hydrogen-bond donors (Lipinski definition) is 0. The molecule has 0 fully saturated rings. The summed E-state index contributed by atoms with van der Waals surface area (Å²) in [5.74, 6) is 1.28. The van der Waals surface area contributed by atoms with Crippen LogP contribution in [0.25, 0.3) is 0 Å². The molecule has 0 atom stereocenters. The largest absolute Gasteiger partial charge is 0.494 e. The highest BCUT2D eigenvalue weighted by Crippen LogP contribution is 2.22. The molecule has 2 aromatic rings. The molecule has 2 nitrogen and oxygen atoms in total. The summed E-state index contributed by atoms with van der Waals surface area (Å²) >= 11 is 4.93. The fourth-order valence-electron chi connectivity index (χ4n) is 1.69. The fraction of sp³-hybridized carbons (Fsp3) is 0.188. The lowest BCUT2D eigenvalue weighted by Crippen LogP contribution is -2.03. The van der Waals surface area contributed by atoms with E-state index in [1.54, 1.807) is 17.8 Å². The van der Waals surface area contributed by atoms with Gasteiger partial charge in [-0.3, -0.25) is 4.79 Å². The lowest BCUT2D eigenvalue weighted by molar-refractivity contribution is 0.102. The topological polar surface area (TPSA) is 26.3 Å². The van der Waals surface area contributed by atoms with Gasteiger partial charge in [-0.05, 0) is 43.3 Å². The van der Waals surface area contributed by atoms with E-state index in [1.165, 1.54) is 0 Å². The molecule has 20 heavy (non-hydrogen) atoms. The maximum Gasteiger partial charge on any atom is 0.173 e. The number of benzene rings is 2. The van der Waals surface area contributed by atoms with Gasteiger partial charge in [0.05, 0.1) is 12.4 Å². The summed E-state index contributed by atoms with van der Waals surface area (Å²) in [6, 6.07) is 15.3. The predicted octanol–water partition coefficient (Wildman–Crippen LogP) is 4.82. The van der Waals surface area contributed by atoms with Gasteiger partial charge in [0.25, 0.3) is 0 Å². The second kappa shape index (κ2) is 7.50. The molecule has 0 bridgehead atoms. The van der Waals surface area contributed by atoms with Crippen molar-refractivity contribution < 1.29 is 9.53 Å². The maximum absolute atomic E-state index is 12.2. The van der Waals surface area contributed by atoms with Crippen molar-refractivity contribution in [3.8, 4) is 5.75 Å². The SMILES string of the molecule is CCOc1cccc(C(=O)CSc2ccc(Br)cc2)c1. The van der Waals surface area contributed by atoms with Crippen molar-refractivity contribution in [1.82, 2.24) is 0 Å². The highest BCUT2D eigenvalue weighted by Gasteiger charge is 2.07. The first kappa shape index (κ1) is 15.1. The zero-order valence-corrected chi connectivity index (χ0v) is 13.5. The van der Waals surface area contributed by atoms with Crippen LogP contribution < -0.4 is 4.74 Å². The minimum atomic E-state index is 0.111. The van der Waals surface area contributed by atoms with Crippen LogP contribution in [0.1, 0.15) is 17.3 Å². The predicted molar refractivity (Wildman–Crippen MR) is 86.8 cm³/mol. The minimum Gasteiger partial charge on any atom is -0.494 e. The number of thioether (sulfide) groups is 1. The van der Waals surface area contributed by atoms with Crippen molar-refractivity contribution >= 4 is 33.5 Å². The van der Waals surface area contributed by atoms with Gasteiger partial charge in [0, 0.05) is 14.9 Å². The summed E-state index contributed by atoms with van der Waals surface area (Å²) in [5.41, 5.74) is 0.695. The van der Waals surface area contributed by atoms with E-state index in [2.05, 4.69) is 15.9 Å². The molecule has 0 aliphatic rings. The van der Waals surface area contributed by atoms with Crippen molar-refractivity contribution in [2.45, 2.75) is 11.8 Å². The molecule has 0 heterocycles. The van der Waals surface area contributed by atoms with Gasteiger partial charge in [-0.2, -0.15) is 0 Å². The van der Waals surface area contributed by atoms with Gasteiger partial charge in [0.15, 0.2) is 5.78 Å². The molecule has 4 heteroatoms. The van der Waals surface area contributed by atoms with Crippen molar-refractivity contribution in [3.63, 3.8) is 0 Å². The molecule has 0 aliphatic heterocycles. The molecular weight excluding hydrogens is 336 g/mol. The van der Waals surface area contributed by atoms with Gasteiger partial charge in [-0.15, -0.1) is 11.8 Å². The summed E-state index contributed by atoms with van der Waals surface area (Å²) in [6.45, 7) is 2.53. The molecule has 0 radical (unpaired) electrons. The Morgan fingerprint density at radius 1 is 1.20 bits per heavy atom. The van der Waals surface area contributed by atoms with E-state index in [1.807, 2.05) is 49.4 Å². The van der Waals surface area contributed by atoms with Crippen LogP contribution in [0.3, 0.4) is 0 Å². The fourth-order valence-corrected chi connectivity index (χ4v) is 2.75. The molecule has 0 unspecified atom stereocenters. The Morgan fingerprint density at radius 3 is 2.65 bits per heavy atom. The number of carbonyl (C=O) groups excluding carboxylic acids is 1. The Morgan fingerprint density at radius 2 is 1.95 bits per heavy atom. The Kier molecular flexibility index (Phi) is 5.68. The summed E-state index contributed by atoms with van der Waals surface area (Å²) < 4.78 is 6.45. The summed E-state index contributed by atoms with van der Waals surface area (Å²) in [5, 5.41) is 0. The van der Waals surface area contributed by atoms with Gasteiger partial charge in [0.2, 0.25) is 0 Å². The van der Waals surface area contributed by atoms with Gasteiger partial charge >= 0.3 is 0 Å². The van der Waals surface area contributed by atoms with Crippen LogP contribution in [0.5, 0.6) is 5.75 Å². The standard InChI is InChI=1S/C16H15BrO2S/c1-2-19-14-5-3-4-12(10-14)16(18)11-20-15-8-6-13(17)7-9-15/h3-10H,2,11H2,1H3. The second-order valence-electron chi connectivity index (χ2n) is 4.13. The van der Waals surface area contributed by atoms with Crippen LogP contribution in [-0.2, 0) is 0 Å². The average molecular weight is 351 g/mol. The number of rotatable bonds is 6. The first-order chi connectivity index (χ1) is 9.69. The molecule has 0 saturated carbocycles. The van der Waals surface area contributed by atoms with E-state index in [0.717, 1.165) is 15.1 Å². The summed E-state index contributed by atoms with van der Waals surface area (Å²) in [6.07, 6.45) is 0. The molecule has 0 amide bonds. The molecule has 0 aromatic heterocycles. The van der Waals surface area contributed by atoms with Crippen molar-refractivity contribution in [2.24, 2.45) is 0 Å². The Labute approximate surface area is 131 Å². The van der Waals surface area contributed by atoms with Crippen LogP contribution in [0.2, 0.25) is 0 Å². The first-order valence-electron chi connectivity index (χ1n) is 6.33. The molecule has 0 aliphatic carbocycles. The van der Waals surface area contributed by atoms with E-state index in [9.17, 15) is 4.79 Å². The monoisotopic (exact) mass is 350 g/mol. The highest BCUT2D eigenvalue weighted by atomic mass is 79.9. The zero-order valence-electron chi connectivity index (χ0n) is 11.1. The van der Waals surface area contributed by atoms with Crippen LogP contribution >= 0.6 is 27.7 Å². The van der Waals surface area contributed by atoms with Crippen LogP contribution in [0, 0.1) is 0 Å². The third kappa shape index (κ3) is 4.39. The molecule has 104 valence electrons. The molecular formula is C16H15BrO2S. The summed E-state index contributed by atoms with van der Waals surface area (Å²) in [4.78, 5) is 13.2. The average Bonchev–Trinajstić information content (AvgIpc) is 2.47. The van der Waals surface area contributed by atoms with Gasteiger partial charge in [0.1, 0.15) is 5.75 Å². The lowest BCUT2D eigenvalue weighted by atomic mass is 10.1. The molecule has 2 rings (SSSR count). The van der Waals surface area contributed by atoms with E-state index in [4.69, 9.17) is 4.74 Å². The quantitative estimate of drug-likeness (QED) is 0.551. The highest BCUT2D eigenvalue weighted by molar-refractivity contribution is 9.10. The number of ether oxygens (including phenoxy) is 1. The van der Waals surface area contributed by atoms with Crippen LogP contribution in [-0.4, -0.2) is 18.1 Å². The van der Waals surface area contributed by atoms with Gasteiger partial charge in [-0.1, -0.05) is 28.1 Å². The van der Waals surface area contributed by atoms with E-state index in [-0.39, 0.29) is 5.78 Å². The number of carbonyl (C=O) groups is 1. The van der Waals surface area contributed by atoms with Gasteiger partial charge in [-0.25, -0.2) is 0 Å². The molecule has 0 spiro atoms. The maximum atomic E-state index is 12.2.